The second-order valence-electron chi connectivity index (χ2n) is 10.5. The van der Waals surface area contributed by atoms with Crippen molar-refractivity contribution in [1.82, 2.24) is 4.90 Å². The number of nitrogens with one attached hydrogen (secondary N) is 1. The lowest BCUT2D eigenvalue weighted by Gasteiger charge is -2.36. The summed E-state index contributed by atoms with van der Waals surface area (Å²) >= 11 is 0. The van der Waals surface area contributed by atoms with Gasteiger partial charge in [-0.3, -0.25) is 14.5 Å². The van der Waals surface area contributed by atoms with Crippen LogP contribution in [0.25, 0.3) is 0 Å². The number of fused-ring (bicyclic) bond motifs is 1. The lowest BCUT2D eigenvalue weighted by atomic mass is 9.81. The highest BCUT2D eigenvalue weighted by atomic mass is 19.4. The average Bonchev–Trinajstić information content (AvgIpc) is 3.36. The number of ketones is 1. The van der Waals surface area contributed by atoms with Gasteiger partial charge in [-0.15, -0.1) is 0 Å². The highest BCUT2D eigenvalue weighted by Gasteiger charge is 2.59. The van der Waals surface area contributed by atoms with Crippen molar-refractivity contribution in [2.75, 3.05) is 18.4 Å². The predicted molar refractivity (Wildman–Crippen MR) is 128 cm³/mol. The molecule has 0 aromatic heterocycles. The third-order valence-corrected chi connectivity index (χ3v) is 8.22. The molecule has 2 aromatic rings. The molecule has 1 heterocycles. The first kappa shape index (κ1) is 24.9. The molecule has 2 aromatic carbocycles. The Balaban J connectivity index is 1.03. The van der Waals surface area contributed by atoms with Crippen LogP contribution in [0.1, 0.15) is 55.6 Å². The lowest BCUT2D eigenvalue weighted by molar-refractivity contribution is -0.137. The Labute approximate surface area is 208 Å². The molecule has 0 radical (unpaired) electrons. The van der Waals surface area contributed by atoms with Crippen LogP contribution in [0, 0.1) is 23.6 Å². The fourth-order valence-electron chi connectivity index (χ4n) is 6.24. The maximum absolute atomic E-state index is 13.2. The normalized spacial score (nSPS) is 27.9. The van der Waals surface area contributed by atoms with Gasteiger partial charge in [0.1, 0.15) is 11.6 Å². The number of Topliss-reactive ketones (excluding diaryl/α,β-unsaturated/α-hetero) is 1. The lowest BCUT2D eigenvalue weighted by Crippen LogP contribution is -2.38. The number of hydrogen-bond acceptors (Lipinski definition) is 3. The minimum Gasteiger partial charge on any atom is -0.326 e. The number of rotatable bonds is 7. The van der Waals surface area contributed by atoms with Crippen LogP contribution in [0.2, 0.25) is 0 Å². The van der Waals surface area contributed by atoms with Gasteiger partial charge in [0.15, 0.2) is 0 Å². The summed E-state index contributed by atoms with van der Waals surface area (Å²) in [5, 5.41) is 2.47. The summed E-state index contributed by atoms with van der Waals surface area (Å²) in [6.45, 7) is 1.84. The van der Waals surface area contributed by atoms with E-state index in [1.165, 1.54) is 29.8 Å². The van der Waals surface area contributed by atoms with E-state index in [4.69, 9.17) is 0 Å². The van der Waals surface area contributed by atoms with E-state index >= 15 is 0 Å². The van der Waals surface area contributed by atoms with Crippen molar-refractivity contribution in [2.45, 2.75) is 56.7 Å². The van der Waals surface area contributed by atoms with Crippen LogP contribution in [-0.2, 0) is 15.8 Å². The Morgan fingerprint density at radius 3 is 2.22 bits per heavy atom. The number of nitrogens with zero attached hydrogens (tertiary/aromatic N) is 1. The Bertz CT molecular complexity index is 1100. The second-order valence-corrected chi connectivity index (χ2v) is 10.5. The number of anilines is 1. The van der Waals surface area contributed by atoms with Gasteiger partial charge in [0.05, 0.1) is 5.56 Å². The van der Waals surface area contributed by atoms with Gasteiger partial charge in [-0.1, -0.05) is 18.2 Å². The van der Waals surface area contributed by atoms with Gasteiger partial charge in [-0.25, -0.2) is 4.39 Å². The smallest absolute Gasteiger partial charge is 0.326 e. The second kappa shape index (κ2) is 9.96. The molecule has 192 valence electrons. The maximum atomic E-state index is 13.2. The Morgan fingerprint density at radius 2 is 1.58 bits per heavy atom. The number of hydrogen-bond donors (Lipinski definition) is 1. The average molecular weight is 503 g/mol. The fraction of sp³-hybridized carbons (Fsp3) is 0.500. The number of likely N-dealkylation sites (tertiary alicyclic amines) is 1. The SMILES string of the molecule is O=C(CCC(=O)C1[C@H]2CN(C3CCC(c4ccc(F)cc4)CC3)C[C@@H]12)Nc1cccc(C(F)(F)F)c1. The quantitative estimate of drug-likeness (QED) is 0.470. The monoisotopic (exact) mass is 502 g/mol. The van der Waals surface area contributed by atoms with Crippen molar-refractivity contribution in [1.29, 1.82) is 0 Å². The zero-order chi connectivity index (χ0) is 25.4. The Morgan fingerprint density at radius 1 is 0.917 bits per heavy atom. The Kier molecular flexibility index (Phi) is 6.90. The molecular formula is C28H30F4N2O2. The number of alkyl halides is 3. The van der Waals surface area contributed by atoms with E-state index in [0.717, 1.165) is 50.9 Å². The first-order chi connectivity index (χ1) is 17.2. The van der Waals surface area contributed by atoms with Crippen LogP contribution in [0.4, 0.5) is 23.2 Å². The molecule has 36 heavy (non-hydrogen) atoms. The van der Waals surface area contributed by atoms with Gasteiger partial charge < -0.3 is 5.32 Å². The molecule has 3 fully saturated rings. The van der Waals surface area contributed by atoms with Crippen LogP contribution < -0.4 is 5.32 Å². The van der Waals surface area contributed by atoms with Gasteiger partial charge in [-0.2, -0.15) is 13.2 Å². The molecule has 1 saturated heterocycles. The molecule has 1 unspecified atom stereocenters. The van der Waals surface area contributed by atoms with E-state index in [1.54, 1.807) is 0 Å². The number of benzene rings is 2. The van der Waals surface area contributed by atoms with E-state index in [1.807, 2.05) is 12.1 Å². The van der Waals surface area contributed by atoms with Crippen molar-refractivity contribution in [3.63, 3.8) is 0 Å². The number of amides is 1. The molecule has 2 aliphatic carbocycles. The van der Waals surface area contributed by atoms with Gasteiger partial charge >= 0.3 is 6.18 Å². The van der Waals surface area contributed by atoms with Crippen LogP contribution in [0.3, 0.4) is 0 Å². The molecule has 5 rings (SSSR count). The summed E-state index contributed by atoms with van der Waals surface area (Å²) in [6.07, 6.45) is 0.00618. The maximum Gasteiger partial charge on any atom is 0.416 e. The topological polar surface area (TPSA) is 49.4 Å². The summed E-state index contributed by atoms with van der Waals surface area (Å²) in [4.78, 5) is 27.4. The van der Waals surface area contributed by atoms with Gasteiger partial charge in [0.2, 0.25) is 5.91 Å². The molecule has 3 atom stereocenters. The molecule has 1 aliphatic heterocycles. The van der Waals surface area contributed by atoms with E-state index in [0.29, 0.717) is 23.8 Å². The standard InChI is InChI=1S/C28H30F4N2O2/c29-20-8-4-17(5-9-20)18-6-10-22(11-7-18)34-15-23-24(16-34)27(23)25(35)12-13-26(36)33-21-3-1-2-19(14-21)28(30,31)32/h1-5,8-9,14,18,22-24,27H,6-7,10-13,15-16H2,(H,33,36)/t18?,22?,23-,24+,27?. The van der Waals surface area contributed by atoms with Gasteiger partial charge in [-0.05, 0) is 79.3 Å². The summed E-state index contributed by atoms with van der Waals surface area (Å²) in [6, 6.07) is 11.9. The van der Waals surface area contributed by atoms with Gasteiger partial charge in [0.25, 0.3) is 0 Å². The zero-order valence-corrected chi connectivity index (χ0v) is 19.9. The van der Waals surface area contributed by atoms with Crippen LogP contribution in [0.15, 0.2) is 48.5 Å². The number of carbonyl (C=O) groups excluding carboxylic acids is 2. The molecule has 3 aliphatic rings. The molecule has 8 heteroatoms. The summed E-state index contributed by atoms with van der Waals surface area (Å²) in [5.41, 5.74) is 0.466. The van der Waals surface area contributed by atoms with Gasteiger partial charge in [0, 0.05) is 43.6 Å². The first-order valence-electron chi connectivity index (χ1n) is 12.7. The molecule has 4 nitrogen and oxygen atoms in total. The number of carbonyl (C=O) groups is 2. The van der Waals surface area contributed by atoms with Crippen molar-refractivity contribution >= 4 is 17.4 Å². The molecular weight excluding hydrogens is 472 g/mol. The van der Waals surface area contributed by atoms with E-state index in [2.05, 4.69) is 10.2 Å². The Hall–Kier alpha value is -2.74. The van der Waals surface area contributed by atoms with Crippen molar-refractivity contribution in [3.8, 4) is 0 Å². The fourth-order valence-corrected chi connectivity index (χ4v) is 6.24. The summed E-state index contributed by atoms with van der Waals surface area (Å²) in [7, 11) is 0. The van der Waals surface area contributed by atoms with E-state index in [9.17, 15) is 27.2 Å². The highest BCUT2D eigenvalue weighted by Crippen LogP contribution is 2.54. The van der Waals surface area contributed by atoms with Crippen molar-refractivity contribution < 1.29 is 27.2 Å². The van der Waals surface area contributed by atoms with Crippen LogP contribution >= 0.6 is 0 Å². The van der Waals surface area contributed by atoms with Crippen LogP contribution in [-0.4, -0.2) is 35.7 Å². The zero-order valence-electron chi connectivity index (χ0n) is 19.9. The number of halogens is 4. The molecule has 2 saturated carbocycles. The molecule has 1 amide bonds. The minimum atomic E-state index is -4.48. The van der Waals surface area contributed by atoms with E-state index < -0.39 is 17.6 Å². The molecule has 0 bridgehead atoms. The first-order valence-corrected chi connectivity index (χ1v) is 12.7. The largest absolute Gasteiger partial charge is 0.416 e. The molecule has 0 spiro atoms. The van der Waals surface area contributed by atoms with Crippen molar-refractivity contribution in [3.05, 3.63) is 65.5 Å². The minimum absolute atomic E-state index is 0.0122. The van der Waals surface area contributed by atoms with E-state index in [-0.39, 0.29) is 36.0 Å². The summed E-state index contributed by atoms with van der Waals surface area (Å²) in [5.74, 6) is 0.646. The third kappa shape index (κ3) is 5.48. The third-order valence-electron chi connectivity index (χ3n) is 8.22. The number of piperidine rings is 1. The summed E-state index contributed by atoms with van der Waals surface area (Å²) < 4.78 is 51.7. The van der Waals surface area contributed by atoms with Crippen LogP contribution in [0.5, 0.6) is 0 Å². The molecule has 1 N–H and O–H groups in total. The predicted octanol–water partition coefficient (Wildman–Crippen LogP) is 6.04. The highest BCUT2D eigenvalue weighted by molar-refractivity contribution is 5.94. The van der Waals surface area contributed by atoms with Crippen molar-refractivity contribution in [2.24, 2.45) is 17.8 Å².